The number of thiophene rings is 1. The minimum absolute atomic E-state index is 0.00488. The van der Waals surface area contributed by atoms with Crippen LogP contribution in [-0.2, 0) is 0 Å². The first-order valence-corrected chi connectivity index (χ1v) is 21.0. The average Bonchev–Trinajstić information content (AvgIpc) is 3.98. The van der Waals surface area contributed by atoms with Gasteiger partial charge in [0.25, 0.3) is 0 Å². The highest BCUT2D eigenvalue weighted by Gasteiger charge is 2.21. The lowest BCUT2D eigenvalue weighted by molar-refractivity contribution is 1.06. The van der Waals surface area contributed by atoms with Crippen LogP contribution in [0.25, 0.3) is 115 Å². The number of fused-ring (bicyclic) bond motifs is 6. The highest BCUT2D eigenvalue weighted by molar-refractivity contribution is 7.26. The normalized spacial score (nSPS) is 13.4. The molecule has 62 heavy (non-hydrogen) atoms. The fraction of sp³-hybridized carbons (Fsp3) is 0. The molecule has 0 saturated heterocycles. The third kappa shape index (κ3) is 6.18. The van der Waals surface area contributed by atoms with Crippen molar-refractivity contribution in [2.75, 3.05) is 0 Å². The lowest BCUT2D eigenvalue weighted by Gasteiger charge is -2.16. The second-order valence-corrected chi connectivity index (χ2v) is 16.1. The summed E-state index contributed by atoms with van der Waals surface area (Å²) in [6.07, 6.45) is 0. The van der Waals surface area contributed by atoms with E-state index < -0.39 is 48.3 Å². The van der Waals surface area contributed by atoms with Crippen LogP contribution in [0.1, 0.15) is 11.0 Å². The van der Waals surface area contributed by atoms with E-state index >= 15 is 0 Å². The molecule has 5 heteroatoms. The zero-order valence-electron chi connectivity index (χ0n) is 40.9. The molecular formula is C57H36N4S. The maximum Gasteiger partial charge on any atom is 0.166 e. The fourth-order valence-electron chi connectivity index (χ4n) is 8.43. The quantitative estimate of drug-likeness (QED) is 0.161. The molecule has 0 unspecified atom stereocenters. The molecule has 0 amide bonds. The lowest BCUT2D eigenvalue weighted by Crippen LogP contribution is -2.04. The summed E-state index contributed by atoms with van der Waals surface area (Å²) in [4.78, 5) is 15.5. The van der Waals surface area contributed by atoms with Crippen molar-refractivity contribution < 1.29 is 11.0 Å². The summed E-state index contributed by atoms with van der Waals surface area (Å²) in [5.41, 5.74) is 8.10. The first-order valence-electron chi connectivity index (χ1n) is 24.2. The number of rotatable bonds is 7. The molecule has 0 aliphatic carbocycles. The first kappa shape index (κ1) is 28.5. The van der Waals surface area contributed by atoms with Crippen molar-refractivity contribution in [3.8, 4) is 73.2 Å². The van der Waals surface area contributed by atoms with Crippen molar-refractivity contribution in [1.29, 1.82) is 0 Å². The van der Waals surface area contributed by atoms with Gasteiger partial charge in [0.15, 0.2) is 17.5 Å². The van der Waals surface area contributed by atoms with Crippen molar-refractivity contribution in [1.82, 2.24) is 19.5 Å². The number of aromatic nitrogens is 4. The van der Waals surface area contributed by atoms with Crippen LogP contribution in [0.3, 0.4) is 0 Å². The number of hydrogen-bond donors (Lipinski definition) is 0. The van der Waals surface area contributed by atoms with E-state index in [1.807, 2.05) is 121 Å². The van der Waals surface area contributed by atoms with Gasteiger partial charge < -0.3 is 4.57 Å². The second kappa shape index (κ2) is 14.9. The average molecular weight is 817 g/mol. The monoisotopic (exact) mass is 816 g/mol. The van der Waals surface area contributed by atoms with E-state index in [-0.39, 0.29) is 27.6 Å². The molecule has 9 aromatic carbocycles. The molecule has 0 aliphatic heterocycles. The minimum atomic E-state index is -0.515. The van der Waals surface area contributed by atoms with Gasteiger partial charge in [0.05, 0.1) is 27.7 Å². The zero-order chi connectivity index (χ0) is 47.9. The molecule has 4 nitrogen and oxygen atoms in total. The van der Waals surface area contributed by atoms with Crippen LogP contribution in [0.15, 0.2) is 218 Å². The standard InChI is InChI=1S/C57H36N4S/c1-4-16-37(17-5-1)40-22-14-23-43(34-40)56-58-55(39-20-8-3-9-21-39)59-57(60-56)47-35-41(30-32-51(47)61-49-27-12-10-24-45(49)46-25-11-13-28-50(46)61)42-31-33-52-48(36-42)54-44(26-15-29-53(54)62-52)38-18-6-2-7-19-38/h1-36H/i10D,11D,12D,13D,24D,25D,27D,28D. The van der Waals surface area contributed by atoms with Crippen molar-refractivity contribution in [2.24, 2.45) is 0 Å². The van der Waals surface area contributed by atoms with E-state index in [1.54, 1.807) is 11.3 Å². The van der Waals surface area contributed by atoms with Gasteiger partial charge in [-0.2, -0.15) is 0 Å². The van der Waals surface area contributed by atoms with Gasteiger partial charge in [-0.15, -0.1) is 11.3 Å². The molecule has 0 aliphatic rings. The summed E-state index contributed by atoms with van der Waals surface area (Å²) in [6, 6.07) is 52.7. The van der Waals surface area contributed by atoms with Crippen LogP contribution in [0.4, 0.5) is 0 Å². The van der Waals surface area contributed by atoms with Gasteiger partial charge in [-0.1, -0.05) is 170 Å². The number of nitrogens with zero attached hydrogens (tertiary/aromatic N) is 4. The third-order valence-corrected chi connectivity index (χ3v) is 12.5. The zero-order valence-corrected chi connectivity index (χ0v) is 33.7. The van der Waals surface area contributed by atoms with E-state index in [1.165, 1.54) is 4.57 Å². The minimum Gasteiger partial charge on any atom is -0.309 e. The molecule has 3 aromatic heterocycles. The lowest BCUT2D eigenvalue weighted by atomic mass is 9.96. The smallest absolute Gasteiger partial charge is 0.166 e. The first-order chi connectivity index (χ1) is 34.0. The van der Waals surface area contributed by atoms with E-state index in [4.69, 9.17) is 23.2 Å². The van der Waals surface area contributed by atoms with Crippen LogP contribution in [0.5, 0.6) is 0 Å². The van der Waals surface area contributed by atoms with Crippen molar-refractivity contribution >= 4 is 53.3 Å². The Labute approximate surface area is 374 Å². The Morgan fingerprint density at radius 3 is 1.65 bits per heavy atom. The Morgan fingerprint density at radius 1 is 0.371 bits per heavy atom. The number of para-hydroxylation sites is 2. The molecule has 12 rings (SSSR count). The molecule has 0 radical (unpaired) electrons. The van der Waals surface area contributed by atoms with Gasteiger partial charge in [-0.05, 0) is 81.9 Å². The molecule has 0 spiro atoms. The Morgan fingerprint density at radius 2 is 0.919 bits per heavy atom. The molecule has 0 saturated carbocycles. The van der Waals surface area contributed by atoms with Crippen LogP contribution in [-0.4, -0.2) is 19.5 Å². The fourth-order valence-corrected chi connectivity index (χ4v) is 9.54. The third-order valence-electron chi connectivity index (χ3n) is 11.3. The second-order valence-electron chi connectivity index (χ2n) is 15.0. The summed E-state index contributed by atoms with van der Waals surface area (Å²) < 4.78 is 76.0. The van der Waals surface area contributed by atoms with Crippen LogP contribution in [0.2, 0.25) is 0 Å². The summed E-state index contributed by atoms with van der Waals surface area (Å²) in [7, 11) is 0. The number of hydrogen-bond acceptors (Lipinski definition) is 4. The van der Waals surface area contributed by atoms with Crippen LogP contribution in [0, 0.1) is 0 Å². The molecule has 0 fully saturated rings. The van der Waals surface area contributed by atoms with Crippen molar-refractivity contribution in [3.05, 3.63) is 218 Å². The van der Waals surface area contributed by atoms with Gasteiger partial charge in [0.2, 0.25) is 0 Å². The van der Waals surface area contributed by atoms with E-state index in [9.17, 15) is 2.74 Å². The topological polar surface area (TPSA) is 43.6 Å². The Balaban J connectivity index is 1.18. The van der Waals surface area contributed by atoms with Crippen LogP contribution < -0.4 is 0 Å². The van der Waals surface area contributed by atoms with Crippen molar-refractivity contribution in [3.63, 3.8) is 0 Å². The van der Waals surface area contributed by atoms with E-state index in [2.05, 4.69) is 48.5 Å². The van der Waals surface area contributed by atoms with Crippen LogP contribution >= 0.6 is 11.3 Å². The molecular weight excluding hydrogens is 773 g/mol. The molecule has 3 heterocycles. The van der Waals surface area contributed by atoms with Gasteiger partial charge in [0, 0.05) is 47.6 Å². The summed E-state index contributed by atoms with van der Waals surface area (Å²) in [6.45, 7) is 0. The van der Waals surface area contributed by atoms with Gasteiger partial charge in [-0.3, -0.25) is 0 Å². The maximum absolute atomic E-state index is 9.37. The van der Waals surface area contributed by atoms with Gasteiger partial charge in [-0.25, -0.2) is 15.0 Å². The van der Waals surface area contributed by atoms with Gasteiger partial charge in [0.1, 0.15) is 0 Å². The van der Waals surface area contributed by atoms with E-state index in [0.717, 1.165) is 64.7 Å². The Kier molecular flexibility index (Phi) is 6.86. The predicted octanol–water partition coefficient (Wildman–Crippen LogP) is 15.3. The molecule has 290 valence electrons. The molecule has 0 atom stereocenters. The largest absolute Gasteiger partial charge is 0.309 e. The molecule has 0 bridgehead atoms. The molecule has 0 N–H and O–H groups in total. The Hall–Kier alpha value is -7.99. The predicted molar refractivity (Wildman–Crippen MR) is 260 cm³/mol. The highest BCUT2D eigenvalue weighted by Crippen LogP contribution is 2.43. The maximum atomic E-state index is 9.37. The summed E-state index contributed by atoms with van der Waals surface area (Å²) >= 11 is 1.73. The SMILES string of the molecule is [2H]c1c([2H])c([2H])c2c(c1[2H])c1c([2H])c([2H])c([2H])c([2H])c1n2-c1ccc(-c2ccc3sc4cccc(-c5ccccc5)c4c3c2)cc1-c1nc(-c2ccccc2)nc(-c2cccc(-c3ccccc3)c2)n1. The van der Waals surface area contributed by atoms with Gasteiger partial charge >= 0.3 is 0 Å². The van der Waals surface area contributed by atoms with E-state index in [0.29, 0.717) is 22.9 Å². The molecule has 12 aromatic rings. The summed E-state index contributed by atoms with van der Waals surface area (Å²) in [5.74, 6) is 0.993. The highest BCUT2D eigenvalue weighted by atomic mass is 32.1. The summed E-state index contributed by atoms with van der Waals surface area (Å²) in [5, 5.41) is 2.19. The number of benzene rings is 9. The van der Waals surface area contributed by atoms with Crippen molar-refractivity contribution in [2.45, 2.75) is 0 Å². The Bertz CT molecular complexity index is 4030.